The molecule has 0 aromatic heterocycles. The molecule has 1 saturated heterocycles. The molecular weight excluding hydrogens is 386 g/mol. The maximum Gasteiger partial charge on any atom is 0.211 e. The number of nitrogens with zero attached hydrogens (tertiary/aromatic N) is 3. The van der Waals surface area contributed by atoms with Gasteiger partial charge in [-0.3, -0.25) is 4.99 Å². The number of hydrogen-bond acceptors (Lipinski definition) is 4. The van der Waals surface area contributed by atoms with E-state index in [9.17, 15) is 8.42 Å². The molecule has 8 heteroatoms. The van der Waals surface area contributed by atoms with Gasteiger partial charge in [0.25, 0.3) is 0 Å². The molecule has 0 unspecified atom stereocenters. The fourth-order valence-corrected chi connectivity index (χ4v) is 4.46. The van der Waals surface area contributed by atoms with Crippen LogP contribution in [0.3, 0.4) is 0 Å². The van der Waals surface area contributed by atoms with Crippen molar-refractivity contribution in [2.24, 2.45) is 10.9 Å². The summed E-state index contributed by atoms with van der Waals surface area (Å²) < 4.78 is 24.8. The Bertz CT molecular complexity index is 758. The Labute approximate surface area is 176 Å². The first-order valence-electron chi connectivity index (χ1n) is 10.6. The second-order valence-electron chi connectivity index (χ2n) is 7.67. The number of benzene rings is 1. The maximum absolute atomic E-state index is 11.6. The molecule has 1 aromatic rings. The minimum absolute atomic E-state index is 0.433. The fraction of sp³-hybridized carbons (Fsp3) is 0.667. The largest absolute Gasteiger partial charge is 0.370 e. The number of aryl methyl sites for hydroxylation is 1. The normalized spacial score (nSPS) is 16.6. The Balaban J connectivity index is 1.83. The van der Waals surface area contributed by atoms with Crippen LogP contribution in [0.15, 0.2) is 29.3 Å². The molecule has 0 amide bonds. The van der Waals surface area contributed by atoms with Crippen LogP contribution in [-0.2, 0) is 10.0 Å². The predicted molar refractivity (Wildman–Crippen MR) is 122 cm³/mol. The number of aliphatic imine (C=N–C) groups is 1. The number of likely N-dealkylation sites (N-methyl/N-ethyl adjacent to an activating group) is 1. The highest BCUT2D eigenvalue weighted by Gasteiger charge is 2.24. The van der Waals surface area contributed by atoms with Crippen LogP contribution in [0.2, 0.25) is 0 Å². The van der Waals surface area contributed by atoms with Crippen LogP contribution >= 0.6 is 0 Å². The molecule has 1 aliphatic heterocycles. The molecule has 0 saturated carbocycles. The van der Waals surface area contributed by atoms with Crippen molar-refractivity contribution in [1.82, 2.24) is 14.9 Å². The van der Waals surface area contributed by atoms with Gasteiger partial charge in [-0.1, -0.05) is 12.1 Å². The van der Waals surface area contributed by atoms with E-state index in [1.165, 1.54) is 17.5 Å². The third-order valence-corrected chi connectivity index (χ3v) is 6.62. The SMILES string of the molecule is CCNC(=NCC1CCN(S(C)(=O)=O)CC1)NCCN(CC)c1cccc(C)c1. The molecule has 0 bridgehead atoms. The first kappa shape index (κ1) is 23.5. The number of sulfonamides is 1. The van der Waals surface area contributed by atoms with Crippen LogP contribution in [0, 0.1) is 12.8 Å². The average molecular weight is 424 g/mol. The minimum Gasteiger partial charge on any atom is -0.370 e. The zero-order valence-corrected chi connectivity index (χ0v) is 19.1. The van der Waals surface area contributed by atoms with Crippen LogP contribution in [0.5, 0.6) is 0 Å². The van der Waals surface area contributed by atoms with Crippen LogP contribution in [0.4, 0.5) is 5.69 Å². The Kier molecular flexibility index (Phi) is 9.23. The van der Waals surface area contributed by atoms with Crippen molar-refractivity contribution in [3.8, 4) is 0 Å². The van der Waals surface area contributed by atoms with E-state index in [0.29, 0.717) is 19.0 Å². The molecule has 0 spiro atoms. The van der Waals surface area contributed by atoms with Crippen molar-refractivity contribution in [3.05, 3.63) is 29.8 Å². The molecule has 0 radical (unpaired) electrons. The summed E-state index contributed by atoms with van der Waals surface area (Å²) in [6, 6.07) is 8.58. The van der Waals surface area contributed by atoms with E-state index in [4.69, 9.17) is 4.99 Å². The summed E-state index contributed by atoms with van der Waals surface area (Å²) in [5.74, 6) is 1.27. The van der Waals surface area contributed by atoms with Gasteiger partial charge in [-0.25, -0.2) is 12.7 Å². The zero-order chi connectivity index (χ0) is 21.3. The minimum atomic E-state index is -3.07. The number of hydrogen-bond donors (Lipinski definition) is 2. The van der Waals surface area contributed by atoms with E-state index in [1.54, 1.807) is 4.31 Å². The summed E-state index contributed by atoms with van der Waals surface area (Å²) in [6.07, 6.45) is 3.02. The maximum atomic E-state index is 11.6. The Morgan fingerprint density at radius 1 is 1.24 bits per heavy atom. The van der Waals surface area contributed by atoms with Crippen molar-refractivity contribution >= 4 is 21.7 Å². The highest BCUT2D eigenvalue weighted by atomic mass is 32.2. The van der Waals surface area contributed by atoms with Crippen LogP contribution in [0.1, 0.15) is 32.3 Å². The third kappa shape index (κ3) is 7.85. The highest BCUT2D eigenvalue weighted by Crippen LogP contribution is 2.19. The Morgan fingerprint density at radius 3 is 2.55 bits per heavy atom. The van der Waals surface area contributed by atoms with Gasteiger partial charge < -0.3 is 15.5 Å². The van der Waals surface area contributed by atoms with E-state index < -0.39 is 10.0 Å². The van der Waals surface area contributed by atoms with E-state index in [-0.39, 0.29) is 0 Å². The number of anilines is 1. The Morgan fingerprint density at radius 2 is 1.97 bits per heavy atom. The molecule has 0 atom stereocenters. The van der Waals surface area contributed by atoms with Gasteiger partial charge in [0.1, 0.15) is 0 Å². The smallest absolute Gasteiger partial charge is 0.211 e. The fourth-order valence-electron chi connectivity index (χ4n) is 3.59. The predicted octanol–water partition coefficient (Wildman–Crippen LogP) is 2.05. The molecule has 164 valence electrons. The second kappa shape index (κ2) is 11.4. The summed E-state index contributed by atoms with van der Waals surface area (Å²) in [5.41, 5.74) is 2.51. The quantitative estimate of drug-likeness (QED) is 0.470. The monoisotopic (exact) mass is 423 g/mol. The summed E-state index contributed by atoms with van der Waals surface area (Å²) in [5, 5.41) is 6.74. The standard InChI is InChI=1S/C21H37N5O2S/c1-5-22-21(24-17-19-10-13-26(14-11-19)29(4,27)28)23-12-15-25(6-2)20-9-7-8-18(3)16-20/h7-9,16,19H,5-6,10-15,17H2,1-4H3,(H2,22,23,24). The van der Waals surface area contributed by atoms with Gasteiger partial charge in [0, 0.05) is 51.5 Å². The lowest BCUT2D eigenvalue weighted by atomic mass is 9.98. The molecule has 1 aromatic carbocycles. The van der Waals surface area contributed by atoms with E-state index in [0.717, 1.165) is 51.5 Å². The summed E-state index contributed by atoms with van der Waals surface area (Å²) >= 11 is 0. The van der Waals surface area contributed by atoms with Crippen LogP contribution < -0.4 is 15.5 Å². The summed E-state index contributed by atoms with van der Waals surface area (Å²) in [6.45, 7) is 11.8. The van der Waals surface area contributed by atoms with Gasteiger partial charge in [0.05, 0.1) is 6.26 Å². The third-order valence-electron chi connectivity index (χ3n) is 5.32. The summed E-state index contributed by atoms with van der Waals surface area (Å²) in [4.78, 5) is 7.09. The van der Waals surface area contributed by atoms with Gasteiger partial charge in [-0.15, -0.1) is 0 Å². The highest BCUT2D eigenvalue weighted by molar-refractivity contribution is 7.88. The van der Waals surface area contributed by atoms with Crippen molar-refractivity contribution in [2.75, 3.05) is 57.0 Å². The van der Waals surface area contributed by atoms with Crippen molar-refractivity contribution in [2.45, 2.75) is 33.6 Å². The molecule has 1 heterocycles. The van der Waals surface area contributed by atoms with Gasteiger partial charge in [0.15, 0.2) is 5.96 Å². The van der Waals surface area contributed by atoms with Crippen LogP contribution in [0.25, 0.3) is 0 Å². The molecule has 7 nitrogen and oxygen atoms in total. The van der Waals surface area contributed by atoms with E-state index in [1.807, 2.05) is 0 Å². The van der Waals surface area contributed by atoms with E-state index >= 15 is 0 Å². The second-order valence-corrected chi connectivity index (χ2v) is 9.65. The lowest BCUT2D eigenvalue weighted by molar-refractivity contribution is 0.280. The number of nitrogens with one attached hydrogen (secondary N) is 2. The molecule has 2 rings (SSSR count). The number of guanidine groups is 1. The van der Waals surface area contributed by atoms with Crippen molar-refractivity contribution in [3.63, 3.8) is 0 Å². The number of piperidine rings is 1. The van der Waals surface area contributed by atoms with Crippen molar-refractivity contribution in [1.29, 1.82) is 0 Å². The first-order valence-corrected chi connectivity index (χ1v) is 12.5. The molecule has 1 aliphatic rings. The van der Waals surface area contributed by atoms with E-state index in [2.05, 4.69) is 60.6 Å². The van der Waals surface area contributed by atoms with Crippen LogP contribution in [-0.4, -0.2) is 70.8 Å². The van der Waals surface area contributed by atoms with Crippen molar-refractivity contribution < 1.29 is 8.42 Å². The Hall–Kier alpha value is -1.80. The molecule has 0 aliphatic carbocycles. The zero-order valence-electron chi connectivity index (χ0n) is 18.3. The first-order chi connectivity index (χ1) is 13.8. The van der Waals surface area contributed by atoms with Gasteiger partial charge in [-0.2, -0.15) is 0 Å². The molecule has 2 N–H and O–H groups in total. The molecule has 1 fully saturated rings. The molecular formula is C21H37N5O2S. The van der Waals surface area contributed by atoms with Gasteiger partial charge in [-0.05, 0) is 57.2 Å². The summed E-state index contributed by atoms with van der Waals surface area (Å²) in [7, 11) is -3.07. The topological polar surface area (TPSA) is 77.0 Å². The lowest BCUT2D eigenvalue weighted by Gasteiger charge is -2.29. The van der Waals surface area contributed by atoms with Gasteiger partial charge >= 0.3 is 0 Å². The van der Waals surface area contributed by atoms with Gasteiger partial charge in [0.2, 0.25) is 10.0 Å². The average Bonchev–Trinajstić information content (AvgIpc) is 2.69. The number of rotatable bonds is 9. The molecule has 29 heavy (non-hydrogen) atoms. The lowest BCUT2D eigenvalue weighted by Crippen LogP contribution is -2.42.